The van der Waals surface area contributed by atoms with E-state index in [9.17, 15) is 4.79 Å². The van der Waals surface area contributed by atoms with Gasteiger partial charge >= 0.3 is 5.97 Å². The molecule has 1 N–H and O–H groups in total. The lowest BCUT2D eigenvalue weighted by atomic mass is 10.4. The van der Waals surface area contributed by atoms with Crippen LogP contribution in [0.4, 0.5) is 0 Å². The molecule has 0 spiro atoms. The molecule has 0 aliphatic heterocycles. The van der Waals surface area contributed by atoms with Crippen LogP contribution in [0.2, 0.25) is 45.3 Å². The molecule has 0 saturated carbocycles. The quantitative estimate of drug-likeness (QED) is 0.116. The van der Waals surface area contributed by atoms with Gasteiger partial charge in [0.15, 0.2) is 16.6 Å². The minimum Gasteiger partial charge on any atom is -0.460 e. The SMILES string of the molecule is CC=CC(=O)OCC(C[SiH2]C(O[Si](C)(C)C)O[Si](C)(C)C)OCCCOCCO. The molecule has 10 heteroatoms. The summed E-state index contributed by atoms with van der Waals surface area (Å²) < 4.78 is 29.1. The van der Waals surface area contributed by atoms with Crippen LogP contribution >= 0.6 is 0 Å². The smallest absolute Gasteiger partial charge is 0.330 e. The number of allylic oxidation sites excluding steroid dienone is 1. The normalized spacial score (nSPS) is 14.4. The Labute approximate surface area is 181 Å². The van der Waals surface area contributed by atoms with Gasteiger partial charge < -0.3 is 28.2 Å². The number of carbonyl (C=O) groups excluding carboxylic acids is 1. The average Bonchev–Trinajstić information content (AvgIpc) is 2.56. The maximum atomic E-state index is 11.7. The molecule has 0 aliphatic rings. The Morgan fingerprint density at radius 3 is 2.17 bits per heavy atom. The molecule has 0 amide bonds. The standard InChI is InChI=1S/C19H42O7Si3/c1-8-10-18(21)24-15-17(23-13-9-12-22-14-11-20)16-27-19(25-28(2,3)4)26-29(5,6)7/h8,10,17,19-20H,9,11-16,27H2,1-7H3. The molecule has 1 atom stereocenters. The highest BCUT2D eigenvalue weighted by molar-refractivity contribution is 6.71. The summed E-state index contributed by atoms with van der Waals surface area (Å²) in [6.07, 6.45) is 3.61. The van der Waals surface area contributed by atoms with Gasteiger partial charge in [0.05, 0.1) is 28.8 Å². The molecular formula is C19H42O7Si3. The van der Waals surface area contributed by atoms with Crippen molar-refractivity contribution in [3.63, 3.8) is 0 Å². The Morgan fingerprint density at radius 1 is 1.03 bits per heavy atom. The first-order valence-electron chi connectivity index (χ1n) is 10.4. The van der Waals surface area contributed by atoms with Crippen LogP contribution in [-0.4, -0.2) is 82.3 Å². The Bertz CT molecular complexity index is 446. The van der Waals surface area contributed by atoms with Crippen molar-refractivity contribution in [2.24, 2.45) is 0 Å². The highest BCUT2D eigenvalue weighted by Gasteiger charge is 2.28. The lowest BCUT2D eigenvalue weighted by Gasteiger charge is -2.32. The maximum absolute atomic E-state index is 11.7. The van der Waals surface area contributed by atoms with Gasteiger partial charge in [0, 0.05) is 19.3 Å². The minimum absolute atomic E-state index is 0.0194. The van der Waals surface area contributed by atoms with Gasteiger partial charge in [-0.2, -0.15) is 0 Å². The fraction of sp³-hybridized carbons (Fsp3) is 0.842. The van der Waals surface area contributed by atoms with Gasteiger partial charge in [-0.3, -0.25) is 0 Å². The molecule has 0 rings (SSSR count). The van der Waals surface area contributed by atoms with Crippen LogP contribution in [-0.2, 0) is 27.9 Å². The van der Waals surface area contributed by atoms with Gasteiger partial charge in [0.25, 0.3) is 0 Å². The molecule has 0 bridgehead atoms. The van der Waals surface area contributed by atoms with Crippen LogP contribution in [0.1, 0.15) is 13.3 Å². The zero-order valence-electron chi connectivity index (χ0n) is 19.4. The van der Waals surface area contributed by atoms with E-state index in [0.29, 0.717) is 19.8 Å². The summed E-state index contributed by atoms with van der Waals surface area (Å²) >= 11 is 0. The minimum atomic E-state index is -1.72. The van der Waals surface area contributed by atoms with Crippen molar-refractivity contribution in [1.82, 2.24) is 0 Å². The Morgan fingerprint density at radius 2 is 1.66 bits per heavy atom. The summed E-state index contributed by atoms with van der Waals surface area (Å²) in [6.45, 7) is 16.4. The van der Waals surface area contributed by atoms with Gasteiger partial charge in [-0.1, -0.05) is 6.08 Å². The number of esters is 1. The van der Waals surface area contributed by atoms with Gasteiger partial charge in [-0.05, 0) is 58.7 Å². The summed E-state index contributed by atoms with van der Waals surface area (Å²) in [5, 5.41) is 8.74. The van der Waals surface area contributed by atoms with Crippen LogP contribution in [0.15, 0.2) is 12.2 Å². The Kier molecular flexibility index (Phi) is 15.3. The third-order valence-corrected chi connectivity index (χ3v) is 7.82. The molecule has 0 heterocycles. The van der Waals surface area contributed by atoms with Crippen molar-refractivity contribution in [1.29, 1.82) is 0 Å². The topological polar surface area (TPSA) is 83.5 Å². The van der Waals surface area contributed by atoms with Crippen molar-refractivity contribution >= 4 is 32.1 Å². The average molecular weight is 467 g/mol. The molecule has 0 aromatic rings. The molecule has 0 aromatic carbocycles. The molecule has 0 aromatic heterocycles. The molecule has 0 aliphatic carbocycles. The van der Waals surface area contributed by atoms with Crippen molar-refractivity contribution in [2.45, 2.75) is 70.7 Å². The molecule has 0 fully saturated rings. The number of hydrogen-bond acceptors (Lipinski definition) is 7. The van der Waals surface area contributed by atoms with E-state index in [1.165, 1.54) is 6.08 Å². The van der Waals surface area contributed by atoms with E-state index < -0.39 is 26.2 Å². The number of ether oxygens (including phenoxy) is 3. The largest absolute Gasteiger partial charge is 0.460 e. The van der Waals surface area contributed by atoms with Gasteiger partial charge in [-0.15, -0.1) is 0 Å². The fourth-order valence-corrected chi connectivity index (χ4v) is 9.09. The van der Waals surface area contributed by atoms with Crippen molar-refractivity contribution in [3.05, 3.63) is 12.2 Å². The van der Waals surface area contributed by atoms with E-state index in [2.05, 4.69) is 39.3 Å². The predicted molar refractivity (Wildman–Crippen MR) is 124 cm³/mol. The first kappa shape index (κ1) is 28.7. The maximum Gasteiger partial charge on any atom is 0.330 e. The van der Waals surface area contributed by atoms with Gasteiger partial charge in [0.2, 0.25) is 0 Å². The fourth-order valence-electron chi connectivity index (χ4n) is 2.40. The summed E-state index contributed by atoms with van der Waals surface area (Å²) in [5.41, 5.74) is 0. The zero-order valence-corrected chi connectivity index (χ0v) is 22.8. The van der Waals surface area contributed by atoms with E-state index in [0.717, 1.165) is 12.5 Å². The van der Waals surface area contributed by atoms with E-state index in [1.54, 1.807) is 13.0 Å². The van der Waals surface area contributed by atoms with Crippen LogP contribution in [0.25, 0.3) is 0 Å². The molecule has 0 saturated heterocycles. The molecule has 0 radical (unpaired) electrons. The number of rotatable bonds is 17. The molecule has 172 valence electrons. The number of hydrogen-bond donors (Lipinski definition) is 1. The Balaban J connectivity index is 4.73. The summed E-state index contributed by atoms with van der Waals surface area (Å²) in [6, 6.07) is 0.806. The first-order valence-corrected chi connectivity index (χ1v) is 19.1. The van der Waals surface area contributed by atoms with Gasteiger partial charge in [0.1, 0.15) is 12.5 Å². The lowest BCUT2D eigenvalue weighted by Crippen LogP contribution is -2.44. The van der Waals surface area contributed by atoms with Crippen LogP contribution in [0.3, 0.4) is 0 Å². The summed E-state index contributed by atoms with van der Waals surface area (Å²) in [4.78, 5) is 11.7. The second-order valence-electron chi connectivity index (χ2n) is 8.78. The molecule has 1 unspecified atom stereocenters. The lowest BCUT2D eigenvalue weighted by molar-refractivity contribution is -0.141. The van der Waals surface area contributed by atoms with Gasteiger partial charge in [-0.25, -0.2) is 4.79 Å². The number of carbonyl (C=O) groups is 1. The second kappa shape index (κ2) is 15.5. The monoisotopic (exact) mass is 466 g/mol. The highest BCUT2D eigenvalue weighted by atomic mass is 28.4. The number of aliphatic hydroxyl groups is 1. The van der Waals surface area contributed by atoms with E-state index in [4.69, 9.17) is 28.2 Å². The van der Waals surface area contributed by atoms with Crippen molar-refractivity contribution in [3.8, 4) is 0 Å². The number of aliphatic hydroxyl groups excluding tert-OH is 1. The summed E-state index contributed by atoms with van der Waals surface area (Å²) in [7, 11) is -4.21. The van der Waals surface area contributed by atoms with E-state index in [-0.39, 0.29) is 31.2 Å². The molecular weight excluding hydrogens is 424 g/mol. The zero-order chi connectivity index (χ0) is 22.3. The van der Waals surface area contributed by atoms with Crippen molar-refractivity contribution in [2.75, 3.05) is 33.0 Å². The highest BCUT2D eigenvalue weighted by Crippen LogP contribution is 2.16. The summed E-state index contributed by atoms with van der Waals surface area (Å²) in [5.74, 6) is -0.485. The van der Waals surface area contributed by atoms with E-state index in [1.807, 2.05) is 0 Å². The third kappa shape index (κ3) is 19.4. The first-order chi connectivity index (χ1) is 13.5. The van der Waals surface area contributed by atoms with E-state index >= 15 is 0 Å². The van der Waals surface area contributed by atoms with Crippen LogP contribution in [0.5, 0.6) is 0 Å². The molecule has 29 heavy (non-hydrogen) atoms. The Hall–Kier alpha value is -0.339. The predicted octanol–water partition coefficient (Wildman–Crippen LogP) is 2.46. The van der Waals surface area contributed by atoms with Crippen molar-refractivity contribution < 1.29 is 33.0 Å². The van der Waals surface area contributed by atoms with Crippen LogP contribution < -0.4 is 0 Å². The molecule has 7 nitrogen and oxygen atoms in total. The third-order valence-electron chi connectivity index (χ3n) is 3.43. The second-order valence-corrected chi connectivity index (χ2v) is 19.5. The van der Waals surface area contributed by atoms with Crippen LogP contribution in [0, 0.1) is 0 Å².